The Morgan fingerprint density at radius 3 is 2.44 bits per heavy atom. The van der Waals surface area contributed by atoms with Crippen molar-refractivity contribution in [2.24, 2.45) is 4.99 Å². The molecule has 0 aliphatic heterocycles. The van der Waals surface area contributed by atoms with Crippen molar-refractivity contribution in [3.63, 3.8) is 0 Å². The van der Waals surface area contributed by atoms with Crippen LogP contribution in [0.5, 0.6) is 0 Å². The van der Waals surface area contributed by atoms with Gasteiger partial charge in [-0.2, -0.15) is 0 Å². The third kappa shape index (κ3) is 5.74. The first-order chi connectivity index (χ1) is 12.0. The standard InChI is InChI=1S/C19H32N6/c1-14(2)25(15(3)4)13-12-22-19(20-5)21-11-10-18-23-16-8-6-7-9-17(16)24-18/h6-9,14-15H,10-13H2,1-5H3,(H,23,24)(H2,20,21,22). The van der Waals surface area contributed by atoms with Crippen molar-refractivity contribution in [2.75, 3.05) is 26.7 Å². The van der Waals surface area contributed by atoms with E-state index in [9.17, 15) is 0 Å². The van der Waals surface area contributed by atoms with Crippen molar-refractivity contribution in [2.45, 2.75) is 46.2 Å². The molecule has 6 heteroatoms. The molecule has 3 N–H and O–H groups in total. The second-order valence-electron chi connectivity index (χ2n) is 6.80. The lowest BCUT2D eigenvalue weighted by Crippen LogP contribution is -2.45. The lowest BCUT2D eigenvalue weighted by Gasteiger charge is -2.30. The van der Waals surface area contributed by atoms with Gasteiger partial charge in [-0.25, -0.2) is 4.98 Å². The van der Waals surface area contributed by atoms with Crippen LogP contribution in [0, 0.1) is 0 Å². The van der Waals surface area contributed by atoms with Gasteiger partial charge in [0, 0.05) is 45.2 Å². The maximum absolute atomic E-state index is 4.60. The molecule has 0 unspecified atom stereocenters. The molecule has 0 atom stereocenters. The number of nitrogens with one attached hydrogen (secondary N) is 3. The van der Waals surface area contributed by atoms with Crippen LogP contribution in [-0.4, -0.2) is 59.6 Å². The molecule has 0 bridgehead atoms. The second kappa shape index (κ2) is 9.42. The molecule has 0 fully saturated rings. The molecular weight excluding hydrogens is 312 g/mol. The summed E-state index contributed by atoms with van der Waals surface area (Å²) in [6.07, 6.45) is 0.833. The number of aliphatic imine (C=N–C) groups is 1. The van der Waals surface area contributed by atoms with Gasteiger partial charge in [0.05, 0.1) is 11.0 Å². The van der Waals surface area contributed by atoms with Gasteiger partial charge in [0.15, 0.2) is 5.96 Å². The fraction of sp³-hybridized carbons (Fsp3) is 0.579. The Morgan fingerprint density at radius 1 is 1.12 bits per heavy atom. The molecule has 0 saturated heterocycles. The minimum atomic E-state index is 0.546. The number of hydrogen-bond acceptors (Lipinski definition) is 3. The van der Waals surface area contributed by atoms with Crippen molar-refractivity contribution >= 4 is 17.0 Å². The molecule has 1 heterocycles. The number of nitrogens with zero attached hydrogens (tertiary/aromatic N) is 3. The van der Waals surface area contributed by atoms with Crippen LogP contribution in [0.3, 0.4) is 0 Å². The fourth-order valence-electron chi connectivity index (χ4n) is 3.06. The van der Waals surface area contributed by atoms with Gasteiger partial charge in [-0.15, -0.1) is 0 Å². The topological polar surface area (TPSA) is 68.3 Å². The minimum absolute atomic E-state index is 0.546. The summed E-state index contributed by atoms with van der Waals surface area (Å²) in [5, 5.41) is 6.74. The number of benzene rings is 1. The normalized spacial score (nSPS) is 12.6. The summed E-state index contributed by atoms with van der Waals surface area (Å²) in [6, 6.07) is 9.20. The number of hydrogen-bond donors (Lipinski definition) is 3. The van der Waals surface area contributed by atoms with Crippen molar-refractivity contribution in [1.82, 2.24) is 25.5 Å². The molecule has 0 amide bonds. The van der Waals surface area contributed by atoms with E-state index in [-0.39, 0.29) is 0 Å². The van der Waals surface area contributed by atoms with E-state index in [0.29, 0.717) is 12.1 Å². The molecule has 1 aromatic heterocycles. The summed E-state index contributed by atoms with van der Waals surface area (Å²) in [4.78, 5) is 14.7. The highest BCUT2D eigenvalue weighted by Gasteiger charge is 2.12. The summed E-state index contributed by atoms with van der Waals surface area (Å²) in [7, 11) is 1.80. The molecule has 0 saturated carbocycles. The van der Waals surface area contributed by atoms with Crippen LogP contribution in [0.15, 0.2) is 29.3 Å². The predicted molar refractivity (Wildman–Crippen MR) is 106 cm³/mol. The predicted octanol–water partition coefficient (Wildman–Crippen LogP) is 2.39. The molecular formula is C19H32N6. The molecule has 138 valence electrons. The Labute approximate surface area is 151 Å². The van der Waals surface area contributed by atoms with E-state index < -0.39 is 0 Å². The van der Waals surface area contributed by atoms with Crippen LogP contribution < -0.4 is 10.6 Å². The van der Waals surface area contributed by atoms with Crippen LogP contribution in [0.1, 0.15) is 33.5 Å². The summed E-state index contributed by atoms with van der Waals surface area (Å²) in [6.45, 7) is 11.6. The van der Waals surface area contributed by atoms with E-state index >= 15 is 0 Å². The summed E-state index contributed by atoms with van der Waals surface area (Å²) in [5.41, 5.74) is 2.10. The number of fused-ring (bicyclic) bond motifs is 1. The van der Waals surface area contributed by atoms with Crippen LogP contribution in [0.4, 0.5) is 0 Å². The Kier molecular flexibility index (Phi) is 7.25. The van der Waals surface area contributed by atoms with Gasteiger partial charge < -0.3 is 15.6 Å². The van der Waals surface area contributed by atoms with Gasteiger partial charge in [-0.3, -0.25) is 9.89 Å². The number of rotatable bonds is 8. The molecule has 25 heavy (non-hydrogen) atoms. The Hall–Kier alpha value is -2.08. The monoisotopic (exact) mass is 344 g/mol. The van der Waals surface area contributed by atoms with Gasteiger partial charge in [0.1, 0.15) is 5.82 Å². The van der Waals surface area contributed by atoms with Gasteiger partial charge in [-0.1, -0.05) is 12.1 Å². The van der Waals surface area contributed by atoms with Gasteiger partial charge in [-0.05, 0) is 39.8 Å². The molecule has 1 aromatic carbocycles. The average Bonchev–Trinajstić information content (AvgIpc) is 2.98. The number of guanidine groups is 1. The van der Waals surface area contributed by atoms with Crippen LogP contribution in [0.2, 0.25) is 0 Å². The first-order valence-electron chi connectivity index (χ1n) is 9.15. The largest absolute Gasteiger partial charge is 0.356 e. The van der Waals surface area contributed by atoms with Gasteiger partial charge >= 0.3 is 0 Å². The van der Waals surface area contributed by atoms with Crippen molar-refractivity contribution in [1.29, 1.82) is 0 Å². The highest BCUT2D eigenvalue weighted by molar-refractivity contribution is 5.79. The maximum Gasteiger partial charge on any atom is 0.191 e. The smallest absolute Gasteiger partial charge is 0.191 e. The lowest BCUT2D eigenvalue weighted by molar-refractivity contribution is 0.178. The van der Waals surface area contributed by atoms with Crippen molar-refractivity contribution in [3.05, 3.63) is 30.1 Å². The zero-order chi connectivity index (χ0) is 18.2. The van der Waals surface area contributed by atoms with Crippen LogP contribution in [-0.2, 0) is 6.42 Å². The Bertz CT molecular complexity index is 632. The maximum atomic E-state index is 4.60. The molecule has 0 aliphatic rings. The van der Waals surface area contributed by atoms with Crippen LogP contribution >= 0.6 is 0 Å². The SMILES string of the molecule is CN=C(NCCc1nc2ccccc2[nH]1)NCCN(C(C)C)C(C)C. The second-order valence-corrected chi connectivity index (χ2v) is 6.80. The Balaban J connectivity index is 1.74. The van der Waals surface area contributed by atoms with Gasteiger partial charge in [0.25, 0.3) is 0 Å². The minimum Gasteiger partial charge on any atom is -0.356 e. The van der Waals surface area contributed by atoms with Crippen LogP contribution in [0.25, 0.3) is 11.0 Å². The number of para-hydroxylation sites is 2. The fourth-order valence-corrected chi connectivity index (χ4v) is 3.06. The number of H-pyrrole nitrogens is 1. The summed E-state index contributed by atoms with van der Waals surface area (Å²) < 4.78 is 0. The zero-order valence-electron chi connectivity index (χ0n) is 16.1. The zero-order valence-corrected chi connectivity index (χ0v) is 16.1. The molecule has 6 nitrogen and oxygen atoms in total. The van der Waals surface area contributed by atoms with Crippen molar-refractivity contribution < 1.29 is 0 Å². The average molecular weight is 345 g/mol. The number of aromatic nitrogens is 2. The third-order valence-electron chi connectivity index (χ3n) is 4.31. The molecule has 2 rings (SSSR count). The van der Waals surface area contributed by atoms with E-state index in [1.54, 1.807) is 7.05 Å². The molecule has 0 aliphatic carbocycles. The van der Waals surface area contributed by atoms with E-state index in [1.807, 2.05) is 18.2 Å². The number of aromatic amines is 1. The summed E-state index contributed by atoms with van der Waals surface area (Å²) in [5.74, 6) is 1.83. The van der Waals surface area contributed by atoms with Crippen molar-refractivity contribution in [3.8, 4) is 0 Å². The number of imidazole rings is 1. The van der Waals surface area contributed by atoms with E-state index in [4.69, 9.17) is 0 Å². The van der Waals surface area contributed by atoms with E-state index in [0.717, 1.165) is 48.9 Å². The molecule has 2 aromatic rings. The Morgan fingerprint density at radius 2 is 1.80 bits per heavy atom. The molecule has 0 spiro atoms. The first-order valence-corrected chi connectivity index (χ1v) is 9.15. The van der Waals surface area contributed by atoms with Gasteiger partial charge in [0.2, 0.25) is 0 Å². The van der Waals surface area contributed by atoms with E-state index in [2.05, 4.69) is 64.3 Å². The highest BCUT2D eigenvalue weighted by Crippen LogP contribution is 2.10. The third-order valence-corrected chi connectivity index (χ3v) is 4.31. The van der Waals surface area contributed by atoms with E-state index in [1.165, 1.54) is 0 Å². The molecule has 0 radical (unpaired) electrons. The quantitative estimate of drug-likeness (QED) is 0.508. The highest BCUT2D eigenvalue weighted by atomic mass is 15.2. The lowest BCUT2D eigenvalue weighted by atomic mass is 10.2. The first kappa shape index (κ1) is 19.2. The summed E-state index contributed by atoms with van der Waals surface area (Å²) >= 11 is 0.